The molecule has 1 atom stereocenters. The van der Waals surface area contributed by atoms with Crippen LogP contribution < -0.4 is 5.73 Å². The molecule has 64 valence electrons. The lowest BCUT2D eigenvalue weighted by atomic mass is 9.94. The van der Waals surface area contributed by atoms with Gasteiger partial charge < -0.3 is 10.8 Å². The van der Waals surface area contributed by atoms with Crippen molar-refractivity contribution < 1.29 is 5.11 Å². The van der Waals surface area contributed by atoms with Crippen molar-refractivity contribution in [3.05, 3.63) is 23.5 Å². The number of nitrogens with zero attached hydrogens (tertiary/aromatic N) is 1. The number of nitrogen functional groups attached to an aromatic ring is 1. The van der Waals surface area contributed by atoms with E-state index in [1.54, 1.807) is 6.20 Å². The number of aryl methyl sites for hydroxylation is 1. The van der Waals surface area contributed by atoms with Crippen molar-refractivity contribution in [2.24, 2.45) is 0 Å². The van der Waals surface area contributed by atoms with E-state index in [1.165, 1.54) is 0 Å². The lowest BCUT2D eigenvalue weighted by Gasteiger charge is -2.19. The van der Waals surface area contributed by atoms with E-state index in [2.05, 4.69) is 4.98 Å². The summed E-state index contributed by atoms with van der Waals surface area (Å²) in [6, 6.07) is 1.91. The smallest absolute Gasteiger partial charge is 0.0585 e. The molecule has 1 heterocycles. The van der Waals surface area contributed by atoms with Gasteiger partial charge in [-0.05, 0) is 24.5 Å². The summed E-state index contributed by atoms with van der Waals surface area (Å²) in [7, 11) is 0. The molecule has 1 aromatic heterocycles. The Morgan fingerprint density at radius 2 is 2.42 bits per heavy atom. The number of nitrogens with two attached hydrogens (primary N) is 1. The van der Waals surface area contributed by atoms with Gasteiger partial charge in [-0.3, -0.25) is 4.98 Å². The van der Waals surface area contributed by atoms with Crippen LogP contribution in [-0.4, -0.2) is 16.2 Å². The summed E-state index contributed by atoms with van der Waals surface area (Å²) >= 11 is 0. The largest absolute Gasteiger partial charge is 0.397 e. The number of hydrogen-bond donors (Lipinski definition) is 2. The van der Waals surface area contributed by atoms with Crippen molar-refractivity contribution in [1.82, 2.24) is 4.98 Å². The first kappa shape index (κ1) is 7.55. The molecule has 3 nitrogen and oxygen atoms in total. The Kier molecular flexibility index (Phi) is 1.73. The van der Waals surface area contributed by atoms with Gasteiger partial charge in [0.2, 0.25) is 0 Å². The number of hydrogen-bond acceptors (Lipinski definition) is 3. The molecule has 12 heavy (non-hydrogen) atoms. The topological polar surface area (TPSA) is 59.1 Å². The second-order valence-corrected chi connectivity index (χ2v) is 3.27. The molecule has 0 saturated carbocycles. The van der Waals surface area contributed by atoms with Gasteiger partial charge in [0.15, 0.2) is 0 Å². The normalized spacial score (nSPS) is 21.9. The fraction of sp³-hybridized carbons (Fsp3) is 0.444. The summed E-state index contributed by atoms with van der Waals surface area (Å²) in [6.45, 7) is 0. The Labute approximate surface area is 71.2 Å². The van der Waals surface area contributed by atoms with Gasteiger partial charge in [-0.15, -0.1) is 0 Å². The monoisotopic (exact) mass is 164 g/mol. The molecule has 0 aromatic carbocycles. The first-order valence-corrected chi connectivity index (χ1v) is 4.17. The van der Waals surface area contributed by atoms with Gasteiger partial charge in [0, 0.05) is 12.1 Å². The molecule has 3 heteroatoms. The van der Waals surface area contributed by atoms with Gasteiger partial charge in [-0.2, -0.15) is 0 Å². The minimum Gasteiger partial charge on any atom is -0.397 e. The van der Waals surface area contributed by atoms with Gasteiger partial charge >= 0.3 is 0 Å². The maximum atomic E-state index is 9.38. The minimum atomic E-state index is -0.207. The van der Waals surface area contributed by atoms with Gasteiger partial charge in [0.25, 0.3) is 0 Å². The highest BCUT2D eigenvalue weighted by Gasteiger charge is 2.16. The van der Waals surface area contributed by atoms with Crippen LogP contribution in [0.25, 0.3) is 0 Å². The average Bonchev–Trinajstić information content (AvgIpc) is 2.03. The molecule has 0 bridgehead atoms. The van der Waals surface area contributed by atoms with Crippen LogP contribution in [0.3, 0.4) is 0 Å². The first-order chi connectivity index (χ1) is 5.75. The maximum Gasteiger partial charge on any atom is 0.0585 e. The molecule has 0 fully saturated rings. The van der Waals surface area contributed by atoms with E-state index >= 15 is 0 Å². The third-order valence-electron chi connectivity index (χ3n) is 2.25. The van der Waals surface area contributed by atoms with Crippen LogP contribution in [-0.2, 0) is 12.8 Å². The quantitative estimate of drug-likeness (QED) is 0.587. The van der Waals surface area contributed by atoms with Crippen LogP contribution in [0.5, 0.6) is 0 Å². The molecule has 0 radical (unpaired) electrons. The molecule has 1 unspecified atom stereocenters. The molecular weight excluding hydrogens is 152 g/mol. The highest BCUT2D eigenvalue weighted by atomic mass is 16.3. The lowest BCUT2D eigenvalue weighted by molar-refractivity contribution is 0.158. The lowest BCUT2D eigenvalue weighted by Crippen LogP contribution is -2.19. The number of fused-ring (bicyclic) bond motifs is 1. The SMILES string of the molecule is Nc1cnc2c(c1)CC(O)CC2. The Morgan fingerprint density at radius 1 is 1.58 bits per heavy atom. The maximum absolute atomic E-state index is 9.38. The third kappa shape index (κ3) is 1.28. The standard InChI is InChI=1S/C9H12N2O/c10-7-3-6-4-8(12)1-2-9(6)11-5-7/h3,5,8,12H,1-2,4,10H2. The molecule has 2 rings (SSSR count). The van der Waals surface area contributed by atoms with Crippen molar-refractivity contribution in [2.75, 3.05) is 5.73 Å². The van der Waals surface area contributed by atoms with E-state index in [1.807, 2.05) is 6.07 Å². The van der Waals surface area contributed by atoms with Crippen LogP contribution in [0.1, 0.15) is 17.7 Å². The zero-order valence-corrected chi connectivity index (χ0v) is 6.83. The summed E-state index contributed by atoms with van der Waals surface area (Å²) in [5.74, 6) is 0. The predicted octanol–water partition coefficient (Wildman–Crippen LogP) is 0.513. The van der Waals surface area contributed by atoms with Crippen molar-refractivity contribution in [3.8, 4) is 0 Å². The van der Waals surface area contributed by atoms with Crippen molar-refractivity contribution >= 4 is 5.69 Å². The number of anilines is 1. The van der Waals surface area contributed by atoms with Gasteiger partial charge in [-0.25, -0.2) is 0 Å². The zero-order chi connectivity index (χ0) is 8.55. The molecule has 0 aliphatic heterocycles. The molecule has 0 saturated heterocycles. The van der Waals surface area contributed by atoms with Crippen molar-refractivity contribution in [2.45, 2.75) is 25.4 Å². The summed E-state index contributed by atoms with van der Waals surface area (Å²) in [5, 5.41) is 9.38. The van der Waals surface area contributed by atoms with Crippen molar-refractivity contribution in [1.29, 1.82) is 0 Å². The summed E-state index contributed by atoms with van der Waals surface area (Å²) in [4.78, 5) is 4.22. The minimum absolute atomic E-state index is 0.207. The van der Waals surface area contributed by atoms with Crippen LogP contribution >= 0.6 is 0 Å². The number of aliphatic hydroxyl groups is 1. The molecule has 3 N–H and O–H groups in total. The Balaban J connectivity index is 2.37. The number of aromatic nitrogens is 1. The van der Waals surface area contributed by atoms with E-state index in [4.69, 9.17) is 5.73 Å². The second kappa shape index (κ2) is 2.75. The Bertz CT molecular complexity index is 299. The number of rotatable bonds is 0. The molecule has 0 amide bonds. The summed E-state index contributed by atoms with van der Waals surface area (Å²) < 4.78 is 0. The Hall–Kier alpha value is -1.09. The highest BCUT2D eigenvalue weighted by Crippen LogP contribution is 2.20. The molecular formula is C9H12N2O. The second-order valence-electron chi connectivity index (χ2n) is 3.27. The van der Waals surface area contributed by atoms with Gasteiger partial charge in [0.1, 0.15) is 0 Å². The van der Waals surface area contributed by atoms with Crippen LogP contribution in [0.4, 0.5) is 5.69 Å². The molecule has 1 aliphatic rings. The zero-order valence-electron chi connectivity index (χ0n) is 6.83. The van der Waals surface area contributed by atoms with E-state index in [9.17, 15) is 5.11 Å². The first-order valence-electron chi connectivity index (χ1n) is 4.17. The van der Waals surface area contributed by atoms with Crippen LogP contribution in [0.15, 0.2) is 12.3 Å². The van der Waals surface area contributed by atoms with E-state index in [0.29, 0.717) is 12.1 Å². The molecule has 1 aromatic rings. The average molecular weight is 164 g/mol. The number of aliphatic hydroxyl groups excluding tert-OH is 1. The fourth-order valence-electron chi connectivity index (χ4n) is 1.62. The van der Waals surface area contributed by atoms with E-state index in [0.717, 1.165) is 24.1 Å². The van der Waals surface area contributed by atoms with E-state index < -0.39 is 0 Å². The predicted molar refractivity (Wildman–Crippen MR) is 46.7 cm³/mol. The van der Waals surface area contributed by atoms with Crippen molar-refractivity contribution in [3.63, 3.8) is 0 Å². The highest BCUT2D eigenvalue weighted by molar-refractivity contribution is 5.41. The Morgan fingerprint density at radius 3 is 3.25 bits per heavy atom. The molecule has 0 spiro atoms. The van der Waals surface area contributed by atoms with Crippen LogP contribution in [0.2, 0.25) is 0 Å². The van der Waals surface area contributed by atoms with Crippen LogP contribution in [0, 0.1) is 0 Å². The van der Waals surface area contributed by atoms with Gasteiger partial charge in [0.05, 0.1) is 18.0 Å². The molecule has 1 aliphatic carbocycles. The summed E-state index contributed by atoms with van der Waals surface area (Å²) in [6.07, 6.45) is 3.87. The van der Waals surface area contributed by atoms with Gasteiger partial charge in [-0.1, -0.05) is 0 Å². The third-order valence-corrected chi connectivity index (χ3v) is 2.25. The summed E-state index contributed by atoms with van der Waals surface area (Å²) in [5.41, 5.74) is 8.46. The number of pyridine rings is 1. The fourth-order valence-corrected chi connectivity index (χ4v) is 1.62. The van der Waals surface area contributed by atoms with E-state index in [-0.39, 0.29) is 6.10 Å².